The molecule has 1 saturated heterocycles. The molecule has 0 spiro atoms. The van der Waals surface area contributed by atoms with Gasteiger partial charge in [-0.25, -0.2) is 0 Å². The Morgan fingerprint density at radius 1 is 1.42 bits per heavy atom. The molecule has 1 aliphatic rings. The van der Waals surface area contributed by atoms with Gasteiger partial charge in [-0.15, -0.1) is 0 Å². The monoisotopic (exact) mass is 266 g/mol. The molecule has 1 atom stereocenters. The summed E-state index contributed by atoms with van der Waals surface area (Å²) in [6, 6.07) is 0.812. The number of hydrogen-bond donors (Lipinski definition) is 1. The lowest BCUT2D eigenvalue weighted by Crippen LogP contribution is -2.39. The maximum Gasteiger partial charge on any atom is 0.322 e. The van der Waals surface area contributed by atoms with Gasteiger partial charge in [0.2, 0.25) is 11.9 Å². The van der Waals surface area contributed by atoms with Crippen molar-refractivity contribution < 1.29 is 4.74 Å². The van der Waals surface area contributed by atoms with Crippen molar-refractivity contribution in [3.63, 3.8) is 0 Å². The van der Waals surface area contributed by atoms with E-state index in [-0.39, 0.29) is 12.0 Å². The Morgan fingerprint density at radius 2 is 2.21 bits per heavy atom. The summed E-state index contributed by atoms with van der Waals surface area (Å²) in [5, 5.41) is 0. The molecule has 2 rings (SSSR count). The van der Waals surface area contributed by atoms with E-state index in [2.05, 4.69) is 26.8 Å². The Hall–Kier alpha value is -1.63. The average Bonchev–Trinajstić information content (AvgIpc) is 2.85. The van der Waals surface area contributed by atoms with Gasteiger partial charge in [0.25, 0.3) is 0 Å². The summed E-state index contributed by atoms with van der Waals surface area (Å²) in [5.41, 5.74) is 5.66. The highest BCUT2D eigenvalue weighted by atomic mass is 16.5. The van der Waals surface area contributed by atoms with E-state index >= 15 is 0 Å². The largest absolute Gasteiger partial charge is 0.467 e. The molecule has 0 aromatic carbocycles. The fourth-order valence-electron chi connectivity index (χ4n) is 2.54. The number of ether oxygens (including phenoxy) is 1. The first kappa shape index (κ1) is 13.8. The summed E-state index contributed by atoms with van der Waals surface area (Å²) in [4.78, 5) is 16.8. The quantitative estimate of drug-likeness (QED) is 0.825. The van der Waals surface area contributed by atoms with Crippen molar-refractivity contribution >= 4 is 11.9 Å². The van der Waals surface area contributed by atoms with Crippen molar-refractivity contribution in [2.24, 2.45) is 0 Å². The third-order valence-electron chi connectivity index (χ3n) is 3.53. The molecule has 0 aliphatic carbocycles. The van der Waals surface area contributed by atoms with E-state index in [0.29, 0.717) is 12.0 Å². The first-order valence-electron chi connectivity index (χ1n) is 6.64. The molecule has 2 N–H and O–H groups in total. The van der Waals surface area contributed by atoms with Gasteiger partial charge in [0.05, 0.1) is 7.11 Å². The highest BCUT2D eigenvalue weighted by Crippen LogP contribution is 2.19. The maximum atomic E-state index is 5.66. The topological polar surface area (TPSA) is 80.4 Å². The zero-order valence-electron chi connectivity index (χ0n) is 11.8. The minimum absolute atomic E-state index is 0.187. The van der Waals surface area contributed by atoms with Crippen LogP contribution < -0.4 is 15.4 Å². The van der Waals surface area contributed by atoms with Crippen molar-refractivity contribution in [1.82, 2.24) is 19.9 Å². The molecule has 0 amide bonds. The molecule has 19 heavy (non-hydrogen) atoms. The molecule has 0 saturated carbocycles. The van der Waals surface area contributed by atoms with Crippen LogP contribution in [0.2, 0.25) is 0 Å². The second kappa shape index (κ2) is 6.01. The molecular weight excluding hydrogens is 244 g/mol. The summed E-state index contributed by atoms with van der Waals surface area (Å²) < 4.78 is 5.02. The number of nitrogens with zero attached hydrogens (tertiary/aromatic N) is 5. The summed E-state index contributed by atoms with van der Waals surface area (Å²) in [6.07, 6.45) is 2.48. The van der Waals surface area contributed by atoms with Crippen LogP contribution in [0.5, 0.6) is 6.01 Å². The van der Waals surface area contributed by atoms with Crippen LogP contribution >= 0.6 is 0 Å². The van der Waals surface area contributed by atoms with Crippen LogP contribution in [0.4, 0.5) is 11.9 Å². The number of rotatable bonds is 5. The van der Waals surface area contributed by atoms with Gasteiger partial charge in [0, 0.05) is 19.6 Å². The van der Waals surface area contributed by atoms with E-state index < -0.39 is 0 Å². The number of hydrogen-bond acceptors (Lipinski definition) is 7. The fraction of sp³-hybridized carbons (Fsp3) is 0.750. The Bertz CT molecular complexity index is 427. The van der Waals surface area contributed by atoms with Gasteiger partial charge >= 0.3 is 6.01 Å². The normalized spacial score (nSPS) is 19.6. The molecule has 1 aliphatic heterocycles. The number of methoxy groups -OCH3 is 1. The summed E-state index contributed by atoms with van der Waals surface area (Å²) in [5.74, 6) is 0.750. The fourth-order valence-corrected chi connectivity index (χ4v) is 2.54. The van der Waals surface area contributed by atoms with Crippen LogP contribution in [0, 0.1) is 0 Å². The van der Waals surface area contributed by atoms with E-state index in [4.69, 9.17) is 10.5 Å². The van der Waals surface area contributed by atoms with Crippen LogP contribution in [0.1, 0.15) is 19.8 Å². The average molecular weight is 266 g/mol. The van der Waals surface area contributed by atoms with Gasteiger partial charge < -0.3 is 15.4 Å². The SMILES string of the molecule is CCN1CCCC1CN(C)c1nc(N)nc(OC)n1. The lowest BCUT2D eigenvalue weighted by molar-refractivity contribution is 0.270. The number of nitrogens with two attached hydrogens (primary N) is 1. The summed E-state index contributed by atoms with van der Waals surface area (Å²) in [6.45, 7) is 5.35. The van der Waals surface area contributed by atoms with E-state index in [1.54, 1.807) is 0 Å². The number of anilines is 2. The van der Waals surface area contributed by atoms with Crippen molar-refractivity contribution in [2.45, 2.75) is 25.8 Å². The number of nitrogen functional groups attached to an aromatic ring is 1. The third-order valence-corrected chi connectivity index (χ3v) is 3.53. The minimum atomic E-state index is 0.187. The van der Waals surface area contributed by atoms with E-state index in [1.165, 1.54) is 26.5 Å². The zero-order chi connectivity index (χ0) is 13.8. The van der Waals surface area contributed by atoms with Gasteiger partial charge in [-0.1, -0.05) is 6.92 Å². The van der Waals surface area contributed by atoms with Gasteiger partial charge in [-0.2, -0.15) is 15.0 Å². The second-order valence-electron chi connectivity index (χ2n) is 4.79. The second-order valence-corrected chi connectivity index (χ2v) is 4.79. The Balaban J connectivity index is 2.06. The molecule has 0 bridgehead atoms. The Morgan fingerprint density at radius 3 is 2.89 bits per heavy atom. The number of aromatic nitrogens is 3. The van der Waals surface area contributed by atoms with Crippen molar-refractivity contribution in [3.05, 3.63) is 0 Å². The van der Waals surface area contributed by atoms with Crippen molar-refractivity contribution in [2.75, 3.05) is 44.4 Å². The van der Waals surface area contributed by atoms with Crippen LogP contribution in [-0.4, -0.2) is 59.7 Å². The molecule has 2 heterocycles. The van der Waals surface area contributed by atoms with Gasteiger partial charge in [-0.05, 0) is 25.9 Å². The minimum Gasteiger partial charge on any atom is -0.467 e. The van der Waals surface area contributed by atoms with Crippen LogP contribution in [0.3, 0.4) is 0 Å². The lowest BCUT2D eigenvalue weighted by Gasteiger charge is -2.27. The standard InChI is InChI=1S/C12H22N6O/c1-4-18-7-5-6-9(18)8-17(2)11-14-10(13)15-12(16-11)19-3/h9H,4-8H2,1-3H3,(H2,13,14,15,16). The number of likely N-dealkylation sites (tertiary alicyclic amines) is 1. The zero-order valence-corrected chi connectivity index (χ0v) is 11.8. The van der Waals surface area contributed by atoms with Crippen molar-refractivity contribution in [3.8, 4) is 6.01 Å². The van der Waals surface area contributed by atoms with Crippen LogP contribution in [-0.2, 0) is 0 Å². The van der Waals surface area contributed by atoms with Gasteiger partial charge in [0.15, 0.2) is 0 Å². The first-order chi connectivity index (χ1) is 9.13. The maximum absolute atomic E-state index is 5.66. The molecule has 7 nitrogen and oxygen atoms in total. The molecule has 1 fully saturated rings. The molecule has 0 radical (unpaired) electrons. The molecule has 1 aromatic rings. The molecular formula is C12H22N6O. The smallest absolute Gasteiger partial charge is 0.322 e. The van der Waals surface area contributed by atoms with Gasteiger partial charge in [-0.3, -0.25) is 4.90 Å². The van der Waals surface area contributed by atoms with E-state index in [9.17, 15) is 0 Å². The molecule has 1 aromatic heterocycles. The Labute approximate surface area is 113 Å². The van der Waals surface area contributed by atoms with E-state index in [0.717, 1.165) is 13.1 Å². The van der Waals surface area contributed by atoms with Crippen molar-refractivity contribution in [1.29, 1.82) is 0 Å². The predicted molar refractivity (Wildman–Crippen MR) is 74.3 cm³/mol. The lowest BCUT2D eigenvalue weighted by atomic mass is 10.2. The van der Waals surface area contributed by atoms with Gasteiger partial charge in [0.1, 0.15) is 0 Å². The third kappa shape index (κ3) is 3.23. The summed E-state index contributed by atoms with van der Waals surface area (Å²) in [7, 11) is 3.49. The van der Waals surface area contributed by atoms with Crippen LogP contribution in [0.15, 0.2) is 0 Å². The molecule has 106 valence electrons. The predicted octanol–water partition coefficient (Wildman–Crippen LogP) is 0.383. The highest BCUT2D eigenvalue weighted by Gasteiger charge is 2.25. The van der Waals surface area contributed by atoms with Crippen LogP contribution in [0.25, 0.3) is 0 Å². The molecule has 1 unspecified atom stereocenters. The molecule has 7 heteroatoms. The first-order valence-corrected chi connectivity index (χ1v) is 6.64. The highest BCUT2D eigenvalue weighted by molar-refractivity contribution is 5.35. The summed E-state index contributed by atoms with van der Waals surface area (Å²) >= 11 is 0. The van der Waals surface area contributed by atoms with E-state index in [1.807, 2.05) is 11.9 Å². The number of likely N-dealkylation sites (N-methyl/N-ethyl adjacent to an activating group) is 2. The Kier molecular flexibility index (Phi) is 4.36.